The van der Waals surface area contributed by atoms with Crippen LogP contribution in [0.15, 0.2) is 18.2 Å². The lowest BCUT2D eigenvalue weighted by Crippen LogP contribution is -2.15. The first-order valence-electron chi connectivity index (χ1n) is 6.46. The Morgan fingerprint density at radius 2 is 2.39 bits per heavy atom. The molecule has 98 valence electrons. The standard InChI is InChI=1S/C14H20N2O2/c1-10-3-2-4-12(14(10)18)16-13(17)6-5-11-7-8-15-9-11/h2-4,11,15,18H,5-9H2,1H3,(H,16,17). The second-order valence-corrected chi connectivity index (χ2v) is 4.92. The Bertz CT molecular complexity index is 426. The van der Waals surface area contributed by atoms with Crippen molar-refractivity contribution in [3.63, 3.8) is 0 Å². The van der Waals surface area contributed by atoms with Crippen LogP contribution in [-0.4, -0.2) is 24.1 Å². The Morgan fingerprint density at radius 3 is 3.11 bits per heavy atom. The molecule has 1 heterocycles. The number of aromatic hydroxyl groups is 1. The second-order valence-electron chi connectivity index (χ2n) is 4.92. The zero-order valence-corrected chi connectivity index (χ0v) is 10.7. The highest BCUT2D eigenvalue weighted by Gasteiger charge is 2.16. The van der Waals surface area contributed by atoms with Gasteiger partial charge < -0.3 is 15.7 Å². The molecule has 0 aromatic heterocycles. The van der Waals surface area contributed by atoms with Crippen molar-refractivity contribution in [1.29, 1.82) is 0 Å². The van der Waals surface area contributed by atoms with Gasteiger partial charge in [-0.15, -0.1) is 0 Å². The third kappa shape index (κ3) is 3.23. The molecule has 0 saturated carbocycles. The normalized spacial score (nSPS) is 18.8. The molecular formula is C14H20N2O2. The first kappa shape index (κ1) is 12.9. The van der Waals surface area contributed by atoms with Gasteiger partial charge in [-0.1, -0.05) is 12.1 Å². The highest BCUT2D eigenvalue weighted by atomic mass is 16.3. The summed E-state index contributed by atoms with van der Waals surface area (Å²) in [5, 5.41) is 15.9. The summed E-state index contributed by atoms with van der Waals surface area (Å²) >= 11 is 0. The van der Waals surface area contributed by atoms with Gasteiger partial charge in [-0.25, -0.2) is 0 Å². The molecule has 18 heavy (non-hydrogen) atoms. The van der Waals surface area contributed by atoms with Crippen LogP contribution in [0, 0.1) is 12.8 Å². The van der Waals surface area contributed by atoms with Crippen LogP contribution in [0.5, 0.6) is 5.75 Å². The van der Waals surface area contributed by atoms with E-state index < -0.39 is 0 Å². The molecule has 1 saturated heterocycles. The summed E-state index contributed by atoms with van der Waals surface area (Å²) in [4.78, 5) is 11.8. The van der Waals surface area contributed by atoms with Gasteiger partial charge in [0.1, 0.15) is 5.75 Å². The van der Waals surface area contributed by atoms with Crippen molar-refractivity contribution in [2.45, 2.75) is 26.2 Å². The van der Waals surface area contributed by atoms with Crippen molar-refractivity contribution in [2.75, 3.05) is 18.4 Å². The topological polar surface area (TPSA) is 61.4 Å². The molecule has 3 N–H and O–H groups in total. The van der Waals surface area contributed by atoms with Gasteiger partial charge in [0, 0.05) is 6.42 Å². The van der Waals surface area contributed by atoms with Crippen LogP contribution in [0.4, 0.5) is 5.69 Å². The number of para-hydroxylation sites is 1. The number of amides is 1. The van der Waals surface area contributed by atoms with E-state index in [0.29, 0.717) is 18.0 Å². The predicted molar refractivity (Wildman–Crippen MR) is 71.7 cm³/mol. The highest BCUT2D eigenvalue weighted by Crippen LogP contribution is 2.26. The molecule has 0 aliphatic carbocycles. The molecular weight excluding hydrogens is 228 g/mol. The number of anilines is 1. The number of nitrogens with one attached hydrogen (secondary N) is 2. The van der Waals surface area contributed by atoms with Crippen molar-refractivity contribution in [3.05, 3.63) is 23.8 Å². The van der Waals surface area contributed by atoms with E-state index in [0.717, 1.165) is 31.5 Å². The summed E-state index contributed by atoms with van der Waals surface area (Å²) in [6, 6.07) is 5.36. The maximum Gasteiger partial charge on any atom is 0.224 e. The van der Waals surface area contributed by atoms with Crippen LogP contribution < -0.4 is 10.6 Å². The van der Waals surface area contributed by atoms with Gasteiger partial charge in [0.05, 0.1) is 5.69 Å². The van der Waals surface area contributed by atoms with Crippen LogP contribution in [0.1, 0.15) is 24.8 Å². The van der Waals surface area contributed by atoms with Gasteiger partial charge in [-0.2, -0.15) is 0 Å². The van der Waals surface area contributed by atoms with E-state index in [9.17, 15) is 9.90 Å². The minimum atomic E-state index is -0.0252. The summed E-state index contributed by atoms with van der Waals surface area (Å²) in [5.41, 5.74) is 1.28. The molecule has 0 spiro atoms. The molecule has 0 radical (unpaired) electrons. The fourth-order valence-electron chi connectivity index (χ4n) is 2.27. The van der Waals surface area contributed by atoms with E-state index in [1.165, 1.54) is 0 Å². The molecule has 1 aliphatic heterocycles. The average Bonchev–Trinajstić information content (AvgIpc) is 2.86. The maximum absolute atomic E-state index is 11.8. The lowest BCUT2D eigenvalue weighted by Gasteiger charge is -2.10. The van der Waals surface area contributed by atoms with Crippen LogP contribution >= 0.6 is 0 Å². The van der Waals surface area contributed by atoms with Crippen molar-refractivity contribution < 1.29 is 9.90 Å². The monoisotopic (exact) mass is 248 g/mol. The summed E-state index contributed by atoms with van der Waals surface area (Å²) < 4.78 is 0. The van der Waals surface area contributed by atoms with Crippen molar-refractivity contribution in [1.82, 2.24) is 5.32 Å². The number of rotatable bonds is 4. The Morgan fingerprint density at radius 1 is 1.56 bits per heavy atom. The van der Waals surface area contributed by atoms with Crippen LogP contribution in [0.25, 0.3) is 0 Å². The molecule has 1 unspecified atom stereocenters. The van der Waals surface area contributed by atoms with Crippen LogP contribution in [0.3, 0.4) is 0 Å². The lowest BCUT2D eigenvalue weighted by atomic mass is 10.0. The number of hydrogen-bond acceptors (Lipinski definition) is 3. The van der Waals surface area contributed by atoms with E-state index in [-0.39, 0.29) is 11.7 Å². The van der Waals surface area contributed by atoms with E-state index in [1.54, 1.807) is 6.07 Å². The summed E-state index contributed by atoms with van der Waals surface area (Å²) in [6.45, 7) is 3.89. The number of hydrogen-bond donors (Lipinski definition) is 3. The second kappa shape index (κ2) is 5.87. The third-order valence-corrected chi connectivity index (χ3v) is 3.45. The molecule has 1 aromatic carbocycles. The lowest BCUT2D eigenvalue weighted by molar-refractivity contribution is -0.116. The van der Waals surface area contributed by atoms with Crippen LogP contribution in [-0.2, 0) is 4.79 Å². The number of benzene rings is 1. The summed E-state index contributed by atoms with van der Waals surface area (Å²) in [6.07, 6.45) is 2.58. The molecule has 4 heteroatoms. The molecule has 1 aliphatic rings. The zero-order chi connectivity index (χ0) is 13.0. The van der Waals surface area contributed by atoms with Crippen molar-refractivity contribution >= 4 is 11.6 Å². The van der Waals surface area contributed by atoms with E-state index in [4.69, 9.17) is 0 Å². The largest absolute Gasteiger partial charge is 0.505 e. The fourth-order valence-corrected chi connectivity index (χ4v) is 2.27. The SMILES string of the molecule is Cc1cccc(NC(=O)CCC2CCNC2)c1O. The Balaban J connectivity index is 1.84. The van der Waals surface area contributed by atoms with E-state index >= 15 is 0 Å². The zero-order valence-electron chi connectivity index (χ0n) is 10.7. The Labute approximate surface area is 107 Å². The van der Waals surface area contributed by atoms with Gasteiger partial charge in [0.15, 0.2) is 0 Å². The highest BCUT2D eigenvalue weighted by molar-refractivity contribution is 5.92. The number of carbonyl (C=O) groups excluding carboxylic acids is 1. The molecule has 0 bridgehead atoms. The van der Waals surface area contributed by atoms with Crippen LogP contribution in [0.2, 0.25) is 0 Å². The number of phenolic OH excluding ortho intramolecular Hbond substituents is 1. The quantitative estimate of drug-likeness (QED) is 0.714. The minimum absolute atomic E-state index is 0.0252. The number of aryl methyl sites for hydroxylation is 1. The maximum atomic E-state index is 11.8. The predicted octanol–water partition coefficient (Wildman–Crippen LogP) is 2.03. The van der Waals surface area contributed by atoms with E-state index in [2.05, 4.69) is 10.6 Å². The van der Waals surface area contributed by atoms with Gasteiger partial charge in [0.25, 0.3) is 0 Å². The van der Waals surface area contributed by atoms with Gasteiger partial charge in [-0.05, 0) is 50.4 Å². The molecule has 1 fully saturated rings. The third-order valence-electron chi connectivity index (χ3n) is 3.45. The van der Waals surface area contributed by atoms with Gasteiger partial charge in [-0.3, -0.25) is 4.79 Å². The number of carbonyl (C=O) groups is 1. The first-order chi connectivity index (χ1) is 8.66. The van der Waals surface area contributed by atoms with Gasteiger partial charge >= 0.3 is 0 Å². The average molecular weight is 248 g/mol. The van der Waals surface area contributed by atoms with Gasteiger partial charge in [0.2, 0.25) is 5.91 Å². The smallest absolute Gasteiger partial charge is 0.224 e. The Hall–Kier alpha value is -1.55. The summed E-state index contributed by atoms with van der Waals surface area (Å²) in [7, 11) is 0. The number of phenols is 1. The Kier molecular flexibility index (Phi) is 4.20. The molecule has 4 nitrogen and oxygen atoms in total. The molecule has 1 aromatic rings. The van der Waals surface area contributed by atoms with E-state index in [1.807, 2.05) is 19.1 Å². The molecule has 2 rings (SSSR count). The van der Waals surface area contributed by atoms with Crippen molar-refractivity contribution in [3.8, 4) is 5.75 Å². The fraction of sp³-hybridized carbons (Fsp3) is 0.500. The summed E-state index contributed by atoms with van der Waals surface area (Å²) in [5.74, 6) is 0.748. The molecule has 1 amide bonds. The minimum Gasteiger partial charge on any atom is -0.505 e. The first-order valence-corrected chi connectivity index (χ1v) is 6.46. The van der Waals surface area contributed by atoms with Crippen molar-refractivity contribution in [2.24, 2.45) is 5.92 Å². The molecule has 1 atom stereocenters.